The summed E-state index contributed by atoms with van der Waals surface area (Å²) in [5.74, 6) is 1.28. The second-order valence-corrected chi connectivity index (χ2v) is 4.87. The molecule has 1 heterocycles. The summed E-state index contributed by atoms with van der Waals surface area (Å²) in [5, 5.41) is 11.7. The molecule has 0 saturated heterocycles. The van der Waals surface area contributed by atoms with E-state index in [1.165, 1.54) is 0 Å². The predicted molar refractivity (Wildman–Crippen MR) is 83.6 cm³/mol. The molecule has 21 heavy (non-hydrogen) atoms. The molecule has 3 N–H and O–H groups in total. The van der Waals surface area contributed by atoms with Gasteiger partial charge in [0.2, 0.25) is 0 Å². The number of amidine groups is 1. The number of para-hydroxylation sites is 1. The van der Waals surface area contributed by atoms with Crippen LogP contribution in [-0.4, -0.2) is 33.7 Å². The standard InChI is InChI=1S/C15H21N5O/c1-19-12-9-17-15(19)8-11-20(10-7-14(16)18-21)13-5-3-2-4-6-13/h2-6,9,12,21H,7-8,10-11H2,1H3,(H2,16,18). The molecular formula is C15H21N5O. The zero-order chi connectivity index (χ0) is 15.1. The first kappa shape index (κ1) is 14.9. The van der Waals surface area contributed by atoms with Crippen LogP contribution in [0.2, 0.25) is 0 Å². The van der Waals surface area contributed by atoms with Crippen molar-refractivity contribution >= 4 is 11.5 Å². The first-order chi connectivity index (χ1) is 10.2. The van der Waals surface area contributed by atoms with Crippen LogP contribution >= 0.6 is 0 Å². The van der Waals surface area contributed by atoms with Gasteiger partial charge in [-0.05, 0) is 12.1 Å². The van der Waals surface area contributed by atoms with Crippen molar-refractivity contribution in [3.8, 4) is 0 Å². The van der Waals surface area contributed by atoms with Crippen LogP contribution in [0.25, 0.3) is 0 Å². The highest BCUT2D eigenvalue weighted by atomic mass is 16.4. The van der Waals surface area contributed by atoms with Gasteiger partial charge in [-0.3, -0.25) is 0 Å². The van der Waals surface area contributed by atoms with Crippen LogP contribution in [0.15, 0.2) is 47.9 Å². The Morgan fingerprint density at radius 1 is 1.33 bits per heavy atom. The summed E-state index contributed by atoms with van der Waals surface area (Å²) in [4.78, 5) is 6.56. The number of hydrogen-bond donors (Lipinski definition) is 2. The second kappa shape index (κ2) is 7.33. The molecule has 0 amide bonds. The predicted octanol–water partition coefficient (Wildman–Crippen LogP) is 1.61. The lowest BCUT2D eigenvalue weighted by molar-refractivity contribution is 0.317. The van der Waals surface area contributed by atoms with E-state index in [2.05, 4.69) is 27.2 Å². The van der Waals surface area contributed by atoms with Gasteiger partial charge in [0, 0.05) is 51.1 Å². The van der Waals surface area contributed by atoms with E-state index < -0.39 is 0 Å². The quantitative estimate of drug-likeness (QED) is 0.351. The van der Waals surface area contributed by atoms with Crippen LogP contribution in [0.3, 0.4) is 0 Å². The van der Waals surface area contributed by atoms with Gasteiger partial charge in [-0.1, -0.05) is 23.4 Å². The highest BCUT2D eigenvalue weighted by molar-refractivity contribution is 5.80. The molecule has 2 rings (SSSR count). The maximum absolute atomic E-state index is 8.67. The fourth-order valence-corrected chi connectivity index (χ4v) is 2.18. The molecular weight excluding hydrogens is 266 g/mol. The molecule has 0 aliphatic heterocycles. The molecule has 112 valence electrons. The highest BCUT2D eigenvalue weighted by Gasteiger charge is 2.09. The normalized spacial score (nSPS) is 11.6. The SMILES string of the molecule is Cn1ccnc1CCN(CC/C(N)=N/O)c1ccccc1. The van der Waals surface area contributed by atoms with E-state index >= 15 is 0 Å². The molecule has 0 aliphatic rings. The molecule has 6 heteroatoms. The Hall–Kier alpha value is -2.50. The monoisotopic (exact) mass is 287 g/mol. The van der Waals surface area contributed by atoms with Gasteiger partial charge in [0.15, 0.2) is 0 Å². The molecule has 1 aromatic heterocycles. The Bertz CT molecular complexity index is 579. The maximum Gasteiger partial charge on any atom is 0.140 e. The summed E-state index contributed by atoms with van der Waals surface area (Å²) in [7, 11) is 1.99. The third-order valence-corrected chi connectivity index (χ3v) is 3.41. The van der Waals surface area contributed by atoms with Gasteiger partial charge in [-0.15, -0.1) is 0 Å². The van der Waals surface area contributed by atoms with Gasteiger partial charge < -0.3 is 20.4 Å². The van der Waals surface area contributed by atoms with E-state index in [1.807, 2.05) is 36.0 Å². The second-order valence-electron chi connectivity index (χ2n) is 4.87. The zero-order valence-corrected chi connectivity index (χ0v) is 12.2. The first-order valence-electron chi connectivity index (χ1n) is 6.93. The third kappa shape index (κ3) is 4.24. The number of rotatable bonds is 7. The van der Waals surface area contributed by atoms with Crippen LogP contribution in [0.4, 0.5) is 5.69 Å². The maximum atomic E-state index is 8.67. The smallest absolute Gasteiger partial charge is 0.140 e. The molecule has 0 fully saturated rings. The Kier molecular flexibility index (Phi) is 5.20. The summed E-state index contributed by atoms with van der Waals surface area (Å²) in [6.45, 7) is 1.53. The van der Waals surface area contributed by atoms with E-state index in [0.717, 1.165) is 24.5 Å². The zero-order valence-electron chi connectivity index (χ0n) is 12.2. The molecule has 0 bridgehead atoms. The lowest BCUT2D eigenvalue weighted by Gasteiger charge is -2.24. The minimum atomic E-state index is 0.243. The van der Waals surface area contributed by atoms with Gasteiger partial charge in [-0.25, -0.2) is 4.98 Å². The topological polar surface area (TPSA) is 79.7 Å². The number of anilines is 1. The highest BCUT2D eigenvalue weighted by Crippen LogP contribution is 2.14. The Labute approximate surface area is 124 Å². The number of aryl methyl sites for hydroxylation is 1. The lowest BCUT2D eigenvalue weighted by Crippen LogP contribution is -2.30. The van der Waals surface area contributed by atoms with Crippen molar-refractivity contribution in [1.82, 2.24) is 9.55 Å². The van der Waals surface area contributed by atoms with E-state index in [1.54, 1.807) is 6.20 Å². The van der Waals surface area contributed by atoms with E-state index in [-0.39, 0.29) is 5.84 Å². The van der Waals surface area contributed by atoms with Crippen LogP contribution < -0.4 is 10.6 Å². The molecule has 0 unspecified atom stereocenters. The van der Waals surface area contributed by atoms with Crippen molar-refractivity contribution < 1.29 is 5.21 Å². The molecule has 2 aromatic rings. The van der Waals surface area contributed by atoms with Crippen molar-refractivity contribution in [3.63, 3.8) is 0 Å². The molecule has 0 aliphatic carbocycles. The number of nitrogens with two attached hydrogens (primary N) is 1. The van der Waals surface area contributed by atoms with Crippen molar-refractivity contribution in [3.05, 3.63) is 48.5 Å². The minimum absolute atomic E-state index is 0.243. The molecule has 1 aromatic carbocycles. The molecule has 0 spiro atoms. The van der Waals surface area contributed by atoms with Crippen LogP contribution in [0.5, 0.6) is 0 Å². The van der Waals surface area contributed by atoms with Gasteiger partial charge in [0.1, 0.15) is 11.7 Å². The minimum Gasteiger partial charge on any atom is -0.409 e. The summed E-state index contributed by atoms with van der Waals surface area (Å²) >= 11 is 0. The van der Waals surface area contributed by atoms with Crippen LogP contribution in [0.1, 0.15) is 12.2 Å². The van der Waals surface area contributed by atoms with E-state index in [0.29, 0.717) is 13.0 Å². The van der Waals surface area contributed by atoms with Crippen molar-refractivity contribution in [2.24, 2.45) is 17.9 Å². The Morgan fingerprint density at radius 3 is 2.71 bits per heavy atom. The number of hydrogen-bond acceptors (Lipinski definition) is 4. The average Bonchev–Trinajstić information content (AvgIpc) is 2.93. The largest absolute Gasteiger partial charge is 0.409 e. The van der Waals surface area contributed by atoms with Crippen LogP contribution in [0, 0.1) is 0 Å². The summed E-state index contributed by atoms with van der Waals surface area (Å²) in [5.41, 5.74) is 6.69. The number of nitrogens with zero attached hydrogens (tertiary/aromatic N) is 4. The van der Waals surface area contributed by atoms with Crippen molar-refractivity contribution in [2.45, 2.75) is 12.8 Å². The van der Waals surface area contributed by atoms with Gasteiger partial charge in [0.05, 0.1) is 0 Å². The number of oxime groups is 1. The number of imidazole rings is 1. The first-order valence-corrected chi connectivity index (χ1v) is 6.93. The van der Waals surface area contributed by atoms with Gasteiger partial charge in [-0.2, -0.15) is 0 Å². The summed E-state index contributed by atoms with van der Waals surface area (Å²) in [6, 6.07) is 10.1. The molecule has 6 nitrogen and oxygen atoms in total. The molecule has 0 atom stereocenters. The fourth-order valence-electron chi connectivity index (χ4n) is 2.18. The van der Waals surface area contributed by atoms with E-state index in [4.69, 9.17) is 10.9 Å². The van der Waals surface area contributed by atoms with Gasteiger partial charge in [0.25, 0.3) is 0 Å². The van der Waals surface area contributed by atoms with Crippen molar-refractivity contribution in [2.75, 3.05) is 18.0 Å². The number of aromatic nitrogens is 2. The average molecular weight is 287 g/mol. The third-order valence-electron chi connectivity index (χ3n) is 3.41. The fraction of sp³-hybridized carbons (Fsp3) is 0.333. The molecule has 0 radical (unpaired) electrons. The van der Waals surface area contributed by atoms with Gasteiger partial charge >= 0.3 is 0 Å². The summed E-state index contributed by atoms with van der Waals surface area (Å²) in [6.07, 6.45) is 5.11. The summed E-state index contributed by atoms with van der Waals surface area (Å²) < 4.78 is 2.02. The Morgan fingerprint density at radius 2 is 2.10 bits per heavy atom. The lowest BCUT2D eigenvalue weighted by atomic mass is 10.2. The van der Waals surface area contributed by atoms with Crippen LogP contribution in [-0.2, 0) is 13.5 Å². The Balaban J connectivity index is 2.03. The molecule has 0 saturated carbocycles. The van der Waals surface area contributed by atoms with E-state index in [9.17, 15) is 0 Å². The van der Waals surface area contributed by atoms with Crippen molar-refractivity contribution in [1.29, 1.82) is 0 Å². The number of benzene rings is 1.